The Bertz CT molecular complexity index is 948. The number of halogens is 1. The second-order valence-electron chi connectivity index (χ2n) is 6.87. The standard InChI is InChI=1S/C20H22ClN3O2/c1-14-22-20(25)18-12-15(21)5-6-19(18)24(14)16-7-9-23(10-8-16)13-17-4-2-3-11-26-17/h3,5-7,11-12,17H,2,4,8-10,13H2,1H3. The maximum atomic E-state index is 12.2. The Balaban J connectivity index is 1.60. The van der Waals surface area contributed by atoms with Crippen molar-refractivity contribution in [3.63, 3.8) is 0 Å². The average molecular weight is 372 g/mol. The number of fused-ring (bicyclic) bond motifs is 1. The zero-order valence-corrected chi connectivity index (χ0v) is 15.6. The maximum absolute atomic E-state index is 12.2. The van der Waals surface area contributed by atoms with E-state index in [9.17, 15) is 4.79 Å². The van der Waals surface area contributed by atoms with E-state index in [0.717, 1.165) is 44.4 Å². The fourth-order valence-corrected chi connectivity index (χ4v) is 3.92. The molecule has 2 aromatic rings. The largest absolute Gasteiger partial charge is 0.497 e. The van der Waals surface area contributed by atoms with Gasteiger partial charge in [0.1, 0.15) is 11.9 Å². The highest BCUT2D eigenvalue weighted by Crippen LogP contribution is 2.24. The van der Waals surface area contributed by atoms with E-state index < -0.39 is 0 Å². The highest BCUT2D eigenvalue weighted by atomic mass is 35.5. The van der Waals surface area contributed by atoms with Crippen LogP contribution in [0.25, 0.3) is 16.6 Å². The Hall–Kier alpha value is -2.11. The third-order valence-corrected chi connectivity index (χ3v) is 5.29. The molecule has 0 spiro atoms. The van der Waals surface area contributed by atoms with Crippen LogP contribution in [0.3, 0.4) is 0 Å². The van der Waals surface area contributed by atoms with Crippen molar-refractivity contribution in [2.24, 2.45) is 0 Å². The minimum absolute atomic E-state index is 0.225. The first-order chi connectivity index (χ1) is 12.6. The van der Waals surface area contributed by atoms with E-state index in [1.165, 1.54) is 5.70 Å². The van der Waals surface area contributed by atoms with Crippen LogP contribution in [0, 0.1) is 6.92 Å². The highest BCUT2D eigenvalue weighted by molar-refractivity contribution is 6.31. The Morgan fingerprint density at radius 2 is 2.27 bits per heavy atom. The summed E-state index contributed by atoms with van der Waals surface area (Å²) in [4.78, 5) is 18.8. The summed E-state index contributed by atoms with van der Waals surface area (Å²) >= 11 is 6.07. The Morgan fingerprint density at radius 3 is 3.00 bits per heavy atom. The van der Waals surface area contributed by atoms with Crippen molar-refractivity contribution in [1.82, 2.24) is 14.5 Å². The number of nitrogens with zero attached hydrogens (tertiary/aromatic N) is 3. The number of hydrogen-bond acceptors (Lipinski definition) is 4. The Kier molecular flexibility index (Phi) is 4.83. The molecule has 0 saturated carbocycles. The van der Waals surface area contributed by atoms with Crippen molar-refractivity contribution >= 4 is 28.2 Å². The molecule has 2 aliphatic rings. The quantitative estimate of drug-likeness (QED) is 0.827. The third kappa shape index (κ3) is 3.41. The molecule has 2 aliphatic heterocycles. The minimum Gasteiger partial charge on any atom is -0.497 e. The normalized spacial score (nSPS) is 20.8. The van der Waals surface area contributed by atoms with Gasteiger partial charge in [-0.2, -0.15) is 4.98 Å². The molecule has 0 aliphatic carbocycles. The maximum Gasteiger partial charge on any atom is 0.280 e. The van der Waals surface area contributed by atoms with E-state index in [0.29, 0.717) is 16.2 Å². The lowest BCUT2D eigenvalue weighted by molar-refractivity contribution is 0.0826. The van der Waals surface area contributed by atoms with Gasteiger partial charge in [-0.1, -0.05) is 17.7 Å². The molecule has 1 unspecified atom stereocenters. The smallest absolute Gasteiger partial charge is 0.280 e. The van der Waals surface area contributed by atoms with E-state index >= 15 is 0 Å². The predicted molar refractivity (Wildman–Crippen MR) is 104 cm³/mol. The molecule has 26 heavy (non-hydrogen) atoms. The lowest BCUT2D eigenvalue weighted by Crippen LogP contribution is -2.37. The van der Waals surface area contributed by atoms with Crippen molar-refractivity contribution in [1.29, 1.82) is 0 Å². The summed E-state index contributed by atoms with van der Waals surface area (Å²) in [5, 5.41) is 1.12. The summed E-state index contributed by atoms with van der Waals surface area (Å²) in [6, 6.07) is 5.43. The summed E-state index contributed by atoms with van der Waals surface area (Å²) in [5.41, 5.74) is 1.83. The van der Waals surface area contributed by atoms with Crippen LogP contribution < -0.4 is 5.56 Å². The van der Waals surface area contributed by atoms with E-state index in [1.54, 1.807) is 6.07 Å². The molecule has 0 bridgehead atoms. The first kappa shape index (κ1) is 17.3. The van der Waals surface area contributed by atoms with Crippen LogP contribution in [0.5, 0.6) is 0 Å². The number of ether oxygens (including phenoxy) is 1. The van der Waals surface area contributed by atoms with E-state index in [-0.39, 0.29) is 11.7 Å². The number of benzene rings is 1. The number of allylic oxidation sites excluding steroid dienone is 1. The lowest BCUT2D eigenvalue weighted by Gasteiger charge is -2.31. The Morgan fingerprint density at radius 1 is 1.38 bits per heavy atom. The van der Waals surface area contributed by atoms with Crippen LogP contribution in [0.1, 0.15) is 25.1 Å². The summed E-state index contributed by atoms with van der Waals surface area (Å²) in [5.74, 6) is 0.713. The van der Waals surface area contributed by atoms with Gasteiger partial charge in [-0.25, -0.2) is 0 Å². The van der Waals surface area contributed by atoms with Gasteiger partial charge in [-0.15, -0.1) is 0 Å². The fraction of sp³-hybridized carbons (Fsp3) is 0.400. The van der Waals surface area contributed by atoms with Crippen molar-refractivity contribution in [3.8, 4) is 0 Å². The van der Waals surface area contributed by atoms with Gasteiger partial charge in [-0.05, 0) is 44.0 Å². The van der Waals surface area contributed by atoms with Crippen molar-refractivity contribution in [3.05, 3.63) is 57.8 Å². The lowest BCUT2D eigenvalue weighted by atomic mass is 10.1. The van der Waals surface area contributed by atoms with E-state index in [2.05, 4.69) is 26.6 Å². The summed E-state index contributed by atoms with van der Waals surface area (Å²) in [7, 11) is 0. The fourth-order valence-electron chi connectivity index (χ4n) is 3.75. The van der Waals surface area contributed by atoms with Gasteiger partial charge in [0.05, 0.1) is 17.2 Å². The number of aromatic nitrogens is 2. The Labute approximate surface area is 157 Å². The van der Waals surface area contributed by atoms with Crippen LogP contribution in [0.2, 0.25) is 5.02 Å². The van der Waals surface area contributed by atoms with Gasteiger partial charge in [0.2, 0.25) is 0 Å². The van der Waals surface area contributed by atoms with Crippen LogP contribution in [-0.2, 0) is 4.74 Å². The molecule has 0 saturated heterocycles. The molecule has 0 amide bonds. The summed E-state index contributed by atoms with van der Waals surface area (Å²) < 4.78 is 7.78. The monoisotopic (exact) mass is 371 g/mol. The topological polar surface area (TPSA) is 47.4 Å². The van der Waals surface area contributed by atoms with Gasteiger partial charge < -0.3 is 9.30 Å². The van der Waals surface area contributed by atoms with Gasteiger partial charge >= 0.3 is 0 Å². The number of rotatable bonds is 3. The average Bonchev–Trinajstić information content (AvgIpc) is 2.64. The van der Waals surface area contributed by atoms with Gasteiger partial charge in [0, 0.05) is 36.8 Å². The zero-order chi connectivity index (χ0) is 18.1. The molecule has 1 aromatic heterocycles. The van der Waals surface area contributed by atoms with Crippen LogP contribution in [0.15, 0.2) is 41.4 Å². The van der Waals surface area contributed by atoms with Crippen molar-refractivity contribution < 1.29 is 4.74 Å². The number of hydrogen-bond donors (Lipinski definition) is 0. The molecule has 0 N–H and O–H groups in total. The molecule has 4 rings (SSSR count). The summed E-state index contributed by atoms with van der Waals surface area (Å²) in [6.45, 7) is 4.67. The third-order valence-electron chi connectivity index (χ3n) is 5.06. The molecule has 136 valence electrons. The first-order valence-corrected chi connectivity index (χ1v) is 9.41. The van der Waals surface area contributed by atoms with E-state index in [1.807, 2.05) is 25.3 Å². The molecule has 0 radical (unpaired) electrons. The van der Waals surface area contributed by atoms with Crippen LogP contribution in [-0.4, -0.2) is 40.2 Å². The summed E-state index contributed by atoms with van der Waals surface area (Å²) in [6.07, 6.45) is 9.50. The van der Waals surface area contributed by atoms with Crippen LogP contribution in [0.4, 0.5) is 0 Å². The zero-order valence-electron chi connectivity index (χ0n) is 14.8. The second-order valence-corrected chi connectivity index (χ2v) is 7.31. The molecule has 1 aromatic carbocycles. The molecular weight excluding hydrogens is 350 g/mol. The van der Waals surface area contributed by atoms with Gasteiger partial charge in [-0.3, -0.25) is 9.69 Å². The highest BCUT2D eigenvalue weighted by Gasteiger charge is 2.20. The predicted octanol–water partition coefficient (Wildman–Crippen LogP) is 3.60. The van der Waals surface area contributed by atoms with Crippen molar-refractivity contribution in [2.75, 3.05) is 19.6 Å². The molecule has 1 atom stereocenters. The second kappa shape index (κ2) is 7.25. The molecule has 3 heterocycles. The van der Waals surface area contributed by atoms with E-state index in [4.69, 9.17) is 16.3 Å². The minimum atomic E-state index is -0.225. The molecule has 5 nitrogen and oxygen atoms in total. The van der Waals surface area contributed by atoms with Crippen LogP contribution >= 0.6 is 11.6 Å². The molecule has 6 heteroatoms. The first-order valence-electron chi connectivity index (χ1n) is 9.03. The SMILES string of the molecule is Cc1nc(=O)c2cc(Cl)ccc2n1C1=CCN(CC2CCC=CO2)CC1. The molecule has 0 fully saturated rings. The number of aryl methyl sites for hydroxylation is 1. The van der Waals surface area contributed by atoms with Gasteiger partial charge in [0.15, 0.2) is 0 Å². The molecular formula is C20H22ClN3O2. The van der Waals surface area contributed by atoms with Crippen molar-refractivity contribution in [2.45, 2.75) is 32.3 Å². The van der Waals surface area contributed by atoms with Gasteiger partial charge in [0.25, 0.3) is 5.56 Å².